The summed E-state index contributed by atoms with van der Waals surface area (Å²) in [6.45, 7) is 1.45. The second-order valence-corrected chi connectivity index (χ2v) is 4.32. The first-order valence-electron chi connectivity index (χ1n) is 5.29. The molecule has 1 aliphatic carbocycles. The highest BCUT2D eigenvalue weighted by Gasteiger charge is 2.15. The van der Waals surface area contributed by atoms with Gasteiger partial charge in [0.2, 0.25) is 5.91 Å². The first-order valence-corrected chi connectivity index (χ1v) is 5.66. The van der Waals surface area contributed by atoms with Crippen molar-refractivity contribution in [1.82, 2.24) is 5.43 Å². The first-order chi connectivity index (χ1) is 7.66. The van der Waals surface area contributed by atoms with Crippen LogP contribution < -0.4 is 5.43 Å². The SMILES string of the molecule is CC(=O)N/N=C1/CCCc2cc(Cl)ccc21. The van der Waals surface area contributed by atoms with Gasteiger partial charge >= 0.3 is 0 Å². The molecule has 84 valence electrons. The molecule has 1 amide bonds. The Balaban J connectivity index is 2.33. The summed E-state index contributed by atoms with van der Waals surface area (Å²) in [7, 11) is 0. The largest absolute Gasteiger partial charge is 0.274 e. The van der Waals surface area contributed by atoms with Gasteiger partial charge in [-0.05, 0) is 37.0 Å². The van der Waals surface area contributed by atoms with Gasteiger partial charge in [0.25, 0.3) is 0 Å². The molecule has 0 saturated heterocycles. The van der Waals surface area contributed by atoms with Gasteiger partial charge in [0.1, 0.15) is 0 Å². The third-order valence-electron chi connectivity index (χ3n) is 2.59. The van der Waals surface area contributed by atoms with Crippen LogP contribution in [0.1, 0.15) is 30.9 Å². The summed E-state index contributed by atoms with van der Waals surface area (Å²) in [6, 6.07) is 5.80. The highest BCUT2D eigenvalue weighted by Crippen LogP contribution is 2.24. The van der Waals surface area contributed by atoms with E-state index in [0.29, 0.717) is 0 Å². The quantitative estimate of drug-likeness (QED) is 0.748. The molecule has 1 N–H and O–H groups in total. The molecular weight excluding hydrogens is 224 g/mol. The van der Waals surface area contributed by atoms with Gasteiger partial charge in [-0.2, -0.15) is 5.10 Å². The third kappa shape index (κ3) is 2.42. The minimum Gasteiger partial charge on any atom is -0.274 e. The van der Waals surface area contributed by atoms with Crippen LogP contribution in [-0.4, -0.2) is 11.6 Å². The summed E-state index contributed by atoms with van der Waals surface area (Å²) < 4.78 is 0. The maximum atomic E-state index is 10.8. The van der Waals surface area contributed by atoms with Gasteiger partial charge in [-0.1, -0.05) is 17.7 Å². The standard InChI is InChI=1S/C12H13ClN2O/c1-8(16)14-15-12-4-2-3-9-7-10(13)5-6-11(9)12/h5-7H,2-4H2,1H3,(H,14,16)/b15-12-. The zero-order chi connectivity index (χ0) is 11.5. The van der Waals surface area contributed by atoms with Gasteiger partial charge < -0.3 is 0 Å². The number of nitrogens with one attached hydrogen (secondary N) is 1. The zero-order valence-corrected chi connectivity index (χ0v) is 9.84. The number of hydrogen-bond acceptors (Lipinski definition) is 2. The van der Waals surface area contributed by atoms with E-state index in [0.717, 1.165) is 35.6 Å². The lowest BCUT2D eigenvalue weighted by Gasteiger charge is -2.17. The number of hydrazone groups is 1. The van der Waals surface area contributed by atoms with Crippen LogP contribution in [0.25, 0.3) is 0 Å². The summed E-state index contributed by atoms with van der Waals surface area (Å²) in [5, 5.41) is 4.88. The molecule has 0 heterocycles. The van der Waals surface area contributed by atoms with Gasteiger partial charge in [0.05, 0.1) is 5.71 Å². The summed E-state index contributed by atoms with van der Waals surface area (Å²) in [5.74, 6) is -0.145. The van der Waals surface area contributed by atoms with Gasteiger partial charge in [-0.3, -0.25) is 4.79 Å². The van der Waals surface area contributed by atoms with E-state index in [4.69, 9.17) is 11.6 Å². The van der Waals surface area contributed by atoms with Crippen molar-refractivity contribution in [3.63, 3.8) is 0 Å². The summed E-state index contributed by atoms with van der Waals surface area (Å²) in [4.78, 5) is 10.8. The lowest BCUT2D eigenvalue weighted by atomic mass is 9.90. The van der Waals surface area contributed by atoms with Gasteiger partial charge in [0.15, 0.2) is 0 Å². The summed E-state index contributed by atoms with van der Waals surface area (Å²) >= 11 is 5.94. The molecule has 1 aromatic rings. The molecule has 0 fully saturated rings. The molecule has 0 unspecified atom stereocenters. The van der Waals surface area contributed by atoms with Crippen molar-refractivity contribution in [2.45, 2.75) is 26.2 Å². The molecule has 1 aromatic carbocycles. The predicted octanol–water partition coefficient (Wildman–Crippen LogP) is 2.52. The first kappa shape index (κ1) is 11.1. The lowest BCUT2D eigenvalue weighted by Crippen LogP contribution is -2.19. The van der Waals surface area contributed by atoms with Crippen LogP contribution in [0.3, 0.4) is 0 Å². The Morgan fingerprint density at radius 2 is 2.25 bits per heavy atom. The van der Waals surface area contributed by atoms with Crippen molar-refractivity contribution in [2.75, 3.05) is 0 Å². The monoisotopic (exact) mass is 236 g/mol. The number of halogens is 1. The predicted molar refractivity (Wildman–Crippen MR) is 64.7 cm³/mol. The summed E-state index contributed by atoms with van der Waals surface area (Å²) in [6.07, 6.45) is 2.97. The van der Waals surface area contributed by atoms with Crippen LogP contribution >= 0.6 is 11.6 Å². The van der Waals surface area contributed by atoms with Crippen molar-refractivity contribution < 1.29 is 4.79 Å². The number of carbonyl (C=O) groups is 1. The lowest BCUT2D eigenvalue weighted by molar-refractivity contribution is -0.118. The Labute approximate surface area is 99.5 Å². The number of carbonyl (C=O) groups excluding carboxylic acids is 1. The minimum absolute atomic E-state index is 0.145. The molecule has 0 aliphatic heterocycles. The number of benzene rings is 1. The van der Waals surface area contributed by atoms with E-state index in [2.05, 4.69) is 10.5 Å². The average Bonchev–Trinajstić information content (AvgIpc) is 2.25. The topological polar surface area (TPSA) is 41.5 Å². The van der Waals surface area contributed by atoms with Crippen LogP contribution in [-0.2, 0) is 11.2 Å². The van der Waals surface area contributed by atoms with Crippen molar-refractivity contribution >= 4 is 23.2 Å². The number of fused-ring (bicyclic) bond motifs is 1. The summed E-state index contributed by atoms with van der Waals surface area (Å²) in [5.41, 5.74) is 5.74. The van der Waals surface area contributed by atoms with E-state index in [1.54, 1.807) is 0 Å². The van der Waals surface area contributed by atoms with Crippen LogP contribution in [0.4, 0.5) is 0 Å². The molecule has 1 aliphatic rings. The normalized spacial score (nSPS) is 17.0. The zero-order valence-electron chi connectivity index (χ0n) is 9.09. The van der Waals surface area contributed by atoms with Crippen LogP contribution in [0, 0.1) is 0 Å². The minimum atomic E-state index is -0.145. The maximum Gasteiger partial charge on any atom is 0.236 e. The van der Waals surface area contributed by atoms with Gasteiger partial charge in [-0.15, -0.1) is 0 Å². The van der Waals surface area contributed by atoms with E-state index >= 15 is 0 Å². The second kappa shape index (κ2) is 4.66. The molecule has 0 bridgehead atoms. The highest BCUT2D eigenvalue weighted by molar-refractivity contribution is 6.30. The Morgan fingerprint density at radius 1 is 1.44 bits per heavy atom. The highest BCUT2D eigenvalue weighted by atomic mass is 35.5. The molecule has 4 heteroatoms. The molecular formula is C12H13ClN2O. The number of amides is 1. The molecule has 0 atom stereocenters. The van der Waals surface area contributed by atoms with Crippen molar-refractivity contribution in [3.8, 4) is 0 Å². The Kier molecular flexibility index (Phi) is 3.25. The number of nitrogens with zero attached hydrogens (tertiary/aromatic N) is 1. The van der Waals surface area contributed by atoms with Gasteiger partial charge in [0, 0.05) is 17.5 Å². The molecule has 0 aromatic heterocycles. The molecule has 0 spiro atoms. The molecule has 3 nitrogen and oxygen atoms in total. The van der Waals surface area contributed by atoms with Crippen LogP contribution in [0.5, 0.6) is 0 Å². The van der Waals surface area contributed by atoms with Crippen molar-refractivity contribution in [1.29, 1.82) is 0 Å². The number of aryl methyl sites for hydroxylation is 1. The smallest absolute Gasteiger partial charge is 0.236 e. The fourth-order valence-corrected chi connectivity index (χ4v) is 2.09. The fourth-order valence-electron chi connectivity index (χ4n) is 1.89. The van der Waals surface area contributed by atoms with Crippen molar-refractivity contribution in [3.05, 3.63) is 34.3 Å². The van der Waals surface area contributed by atoms with E-state index in [1.807, 2.05) is 18.2 Å². The van der Waals surface area contributed by atoms with E-state index < -0.39 is 0 Å². The third-order valence-corrected chi connectivity index (χ3v) is 2.82. The van der Waals surface area contributed by atoms with Crippen LogP contribution in [0.15, 0.2) is 23.3 Å². The van der Waals surface area contributed by atoms with E-state index in [1.165, 1.54) is 12.5 Å². The van der Waals surface area contributed by atoms with Crippen molar-refractivity contribution in [2.24, 2.45) is 5.10 Å². The number of rotatable bonds is 1. The van der Waals surface area contributed by atoms with Gasteiger partial charge in [-0.25, -0.2) is 5.43 Å². The Morgan fingerprint density at radius 3 is 3.00 bits per heavy atom. The Hall–Kier alpha value is -1.35. The molecule has 2 rings (SSSR count). The van der Waals surface area contributed by atoms with E-state index in [-0.39, 0.29) is 5.91 Å². The molecule has 16 heavy (non-hydrogen) atoms. The average molecular weight is 237 g/mol. The molecule has 0 saturated carbocycles. The second-order valence-electron chi connectivity index (χ2n) is 3.88. The molecule has 0 radical (unpaired) electrons. The Bertz CT molecular complexity index is 454. The van der Waals surface area contributed by atoms with E-state index in [9.17, 15) is 4.79 Å². The van der Waals surface area contributed by atoms with Crippen LogP contribution in [0.2, 0.25) is 5.02 Å². The maximum absolute atomic E-state index is 10.8. The fraction of sp³-hybridized carbons (Fsp3) is 0.333. The number of hydrogen-bond donors (Lipinski definition) is 1.